The second-order valence-corrected chi connectivity index (χ2v) is 5.93. The lowest BCUT2D eigenvalue weighted by molar-refractivity contribution is -0.128. The molecule has 3 amide bonds. The Hall–Kier alpha value is -2.15. The van der Waals surface area contributed by atoms with Crippen LogP contribution < -0.4 is 10.6 Å². The number of carbonyl (C=O) groups excluding carboxylic acids is 2. The van der Waals surface area contributed by atoms with Crippen molar-refractivity contribution >= 4 is 17.6 Å². The van der Waals surface area contributed by atoms with Crippen LogP contribution in [0.1, 0.15) is 12.8 Å². The Morgan fingerprint density at radius 1 is 1.30 bits per heavy atom. The van der Waals surface area contributed by atoms with Crippen molar-refractivity contribution in [1.82, 2.24) is 15.1 Å². The van der Waals surface area contributed by atoms with E-state index in [1.807, 2.05) is 0 Å². The molecule has 1 aromatic carbocycles. The minimum Gasteiger partial charge on any atom is -0.349 e. The molecule has 2 N–H and O–H groups in total. The Morgan fingerprint density at radius 3 is 2.65 bits per heavy atom. The van der Waals surface area contributed by atoms with Crippen LogP contribution in [-0.2, 0) is 4.79 Å². The predicted molar refractivity (Wildman–Crippen MR) is 86.7 cm³/mol. The fraction of sp³-hybridized carbons (Fsp3) is 0.500. The van der Waals surface area contributed by atoms with Gasteiger partial charge in [0, 0.05) is 51.9 Å². The van der Waals surface area contributed by atoms with Gasteiger partial charge in [-0.15, -0.1) is 0 Å². The lowest BCUT2D eigenvalue weighted by Crippen LogP contribution is -2.40. The van der Waals surface area contributed by atoms with E-state index in [4.69, 9.17) is 0 Å². The summed E-state index contributed by atoms with van der Waals surface area (Å²) in [6.07, 6.45) is 1.34. The summed E-state index contributed by atoms with van der Waals surface area (Å²) in [5.74, 6) is -0.231. The summed E-state index contributed by atoms with van der Waals surface area (Å²) in [6.45, 7) is 2.30. The molecule has 1 aromatic rings. The Labute approximate surface area is 135 Å². The monoisotopic (exact) mass is 322 g/mol. The van der Waals surface area contributed by atoms with E-state index in [0.29, 0.717) is 18.7 Å². The van der Waals surface area contributed by atoms with Crippen LogP contribution in [0, 0.1) is 5.82 Å². The summed E-state index contributed by atoms with van der Waals surface area (Å²) in [6, 6.07) is 5.40. The highest BCUT2D eigenvalue weighted by Gasteiger charge is 2.24. The van der Waals surface area contributed by atoms with Gasteiger partial charge in [-0.3, -0.25) is 4.79 Å². The number of benzene rings is 1. The topological polar surface area (TPSA) is 64.7 Å². The third-order valence-electron chi connectivity index (χ3n) is 3.85. The average molecular weight is 322 g/mol. The molecule has 0 radical (unpaired) electrons. The molecule has 23 heavy (non-hydrogen) atoms. The van der Waals surface area contributed by atoms with Crippen LogP contribution in [0.3, 0.4) is 0 Å². The fourth-order valence-corrected chi connectivity index (χ4v) is 2.52. The van der Waals surface area contributed by atoms with Crippen LogP contribution in [0.15, 0.2) is 24.3 Å². The second kappa shape index (κ2) is 7.92. The molecule has 126 valence electrons. The first-order valence-electron chi connectivity index (χ1n) is 7.69. The molecule has 0 spiro atoms. The Bertz CT molecular complexity index is 548. The van der Waals surface area contributed by atoms with Crippen LogP contribution in [0.2, 0.25) is 0 Å². The van der Waals surface area contributed by atoms with Crippen molar-refractivity contribution < 1.29 is 14.0 Å². The Kier molecular flexibility index (Phi) is 5.92. The van der Waals surface area contributed by atoms with Crippen LogP contribution in [0.25, 0.3) is 0 Å². The van der Waals surface area contributed by atoms with Crippen molar-refractivity contribution in [2.45, 2.75) is 18.9 Å². The maximum absolute atomic E-state index is 12.8. The van der Waals surface area contributed by atoms with Gasteiger partial charge in [-0.1, -0.05) is 0 Å². The number of amides is 3. The van der Waals surface area contributed by atoms with E-state index < -0.39 is 0 Å². The van der Waals surface area contributed by atoms with E-state index in [1.54, 1.807) is 19.0 Å². The number of nitrogens with one attached hydrogen (secondary N) is 2. The van der Waals surface area contributed by atoms with Gasteiger partial charge in [-0.2, -0.15) is 0 Å². The fourth-order valence-electron chi connectivity index (χ4n) is 2.52. The van der Waals surface area contributed by atoms with Gasteiger partial charge in [-0.25, -0.2) is 9.18 Å². The first kappa shape index (κ1) is 17.2. The first-order chi connectivity index (χ1) is 10.9. The van der Waals surface area contributed by atoms with E-state index in [0.717, 1.165) is 19.5 Å². The Balaban J connectivity index is 1.71. The highest BCUT2D eigenvalue weighted by molar-refractivity contribution is 5.89. The molecule has 2 rings (SSSR count). The molecular weight excluding hydrogens is 299 g/mol. The molecule has 0 bridgehead atoms. The van der Waals surface area contributed by atoms with Gasteiger partial charge in [0.05, 0.1) is 0 Å². The SMILES string of the molecule is CN(C)C(=O)CCN1CC[C@H](NC(=O)Nc2ccc(F)cc2)C1. The largest absolute Gasteiger partial charge is 0.349 e. The van der Waals surface area contributed by atoms with Gasteiger partial charge in [-0.05, 0) is 30.7 Å². The molecule has 6 nitrogen and oxygen atoms in total. The average Bonchev–Trinajstić information content (AvgIpc) is 2.94. The Morgan fingerprint density at radius 2 is 2.00 bits per heavy atom. The molecule has 1 atom stereocenters. The zero-order valence-corrected chi connectivity index (χ0v) is 13.5. The summed E-state index contributed by atoms with van der Waals surface area (Å²) in [5, 5.41) is 5.58. The molecule has 1 saturated heterocycles. The van der Waals surface area contributed by atoms with Crippen molar-refractivity contribution in [3.63, 3.8) is 0 Å². The third kappa shape index (κ3) is 5.52. The standard InChI is InChI=1S/C16H23FN4O2/c1-20(2)15(22)8-10-21-9-7-14(11-21)19-16(23)18-13-5-3-12(17)4-6-13/h3-6,14H,7-11H2,1-2H3,(H2,18,19,23)/t14-/m0/s1. The van der Waals surface area contributed by atoms with Crippen molar-refractivity contribution in [2.24, 2.45) is 0 Å². The minimum atomic E-state index is -0.338. The lowest BCUT2D eigenvalue weighted by atomic mass is 10.2. The van der Waals surface area contributed by atoms with Gasteiger partial charge in [0.2, 0.25) is 5.91 Å². The van der Waals surface area contributed by atoms with Gasteiger partial charge < -0.3 is 20.4 Å². The number of halogens is 1. The van der Waals surface area contributed by atoms with Gasteiger partial charge in [0.25, 0.3) is 0 Å². The number of urea groups is 1. The molecule has 0 aromatic heterocycles. The maximum Gasteiger partial charge on any atom is 0.319 e. The maximum atomic E-state index is 12.8. The van der Waals surface area contributed by atoms with E-state index in [9.17, 15) is 14.0 Å². The third-order valence-corrected chi connectivity index (χ3v) is 3.85. The molecule has 1 aliphatic heterocycles. The summed E-state index contributed by atoms with van der Waals surface area (Å²) < 4.78 is 12.8. The van der Waals surface area contributed by atoms with E-state index in [1.165, 1.54) is 24.3 Å². The number of hydrogen-bond donors (Lipinski definition) is 2. The number of hydrogen-bond acceptors (Lipinski definition) is 3. The molecule has 1 fully saturated rings. The van der Waals surface area contributed by atoms with E-state index in [2.05, 4.69) is 15.5 Å². The number of nitrogens with zero attached hydrogens (tertiary/aromatic N) is 2. The summed E-state index contributed by atoms with van der Waals surface area (Å²) in [4.78, 5) is 27.3. The second-order valence-electron chi connectivity index (χ2n) is 5.93. The van der Waals surface area contributed by atoms with Crippen LogP contribution in [0.5, 0.6) is 0 Å². The smallest absolute Gasteiger partial charge is 0.319 e. The van der Waals surface area contributed by atoms with E-state index in [-0.39, 0.29) is 23.8 Å². The van der Waals surface area contributed by atoms with Crippen LogP contribution in [0.4, 0.5) is 14.9 Å². The van der Waals surface area contributed by atoms with E-state index >= 15 is 0 Å². The van der Waals surface area contributed by atoms with Crippen LogP contribution >= 0.6 is 0 Å². The lowest BCUT2D eigenvalue weighted by Gasteiger charge is -2.18. The van der Waals surface area contributed by atoms with Gasteiger partial charge >= 0.3 is 6.03 Å². The zero-order valence-electron chi connectivity index (χ0n) is 13.5. The highest BCUT2D eigenvalue weighted by Crippen LogP contribution is 2.11. The molecule has 7 heteroatoms. The van der Waals surface area contributed by atoms with Crippen molar-refractivity contribution in [1.29, 1.82) is 0 Å². The molecule has 1 aliphatic rings. The predicted octanol–water partition coefficient (Wildman–Crippen LogP) is 1.50. The number of anilines is 1. The molecular formula is C16H23FN4O2. The summed E-state index contributed by atoms with van der Waals surface area (Å²) in [7, 11) is 3.49. The minimum absolute atomic E-state index is 0.0601. The van der Waals surface area contributed by atoms with Gasteiger partial charge in [0.1, 0.15) is 5.82 Å². The molecule has 0 saturated carbocycles. The number of rotatable bonds is 5. The van der Waals surface area contributed by atoms with Crippen LogP contribution in [-0.4, -0.2) is 61.5 Å². The van der Waals surface area contributed by atoms with Crippen molar-refractivity contribution in [2.75, 3.05) is 39.0 Å². The summed E-state index contributed by atoms with van der Waals surface area (Å²) >= 11 is 0. The zero-order chi connectivity index (χ0) is 16.8. The molecule has 0 aliphatic carbocycles. The van der Waals surface area contributed by atoms with Gasteiger partial charge in [0.15, 0.2) is 0 Å². The highest BCUT2D eigenvalue weighted by atomic mass is 19.1. The first-order valence-corrected chi connectivity index (χ1v) is 7.69. The molecule has 0 unspecified atom stereocenters. The number of likely N-dealkylation sites (tertiary alicyclic amines) is 1. The summed E-state index contributed by atoms with van der Waals surface area (Å²) in [5.41, 5.74) is 0.551. The molecule has 1 heterocycles. The normalized spacial score (nSPS) is 17.8. The number of carbonyl (C=O) groups is 2. The quantitative estimate of drug-likeness (QED) is 0.863. The van der Waals surface area contributed by atoms with Crippen molar-refractivity contribution in [3.8, 4) is 0 Å². The van der Waals surface area contributed by atoms with Crippen molar-refractivity contribution in [3.05, 3.63) is 30.1 Å².